The molecule has 1 aromatic carbocycles. The Morgan fingerprint density at radius 2 is 1.31 bits per heavy atom. The third kappa shape index (κ3) is 5.06. The zero-order valence-electron chi connectivity index (χ0n) is 14.4. The lowest BCUT2D eigenvalue weighted by molar-refractivity contribution is 0.0850. The minimum Gasteiger partial charge on any atom is -0.376 e. The van der Waals surface area contributed by atoms with Gasteiger partial charge in [0, 0.05) is 35.2 Å². The normalized spacial score (nSPS) is 22.4. The van der Waals surface area contributed by atoms with Gasteiger partial charge in [-0.25, -0.2) is 0 Å². The van der Waals surface area contributed by atoms with Crippen molar-refractivity contribution < 1.29 is 19.1 Å². The monoisotopic (exact) mass is 488 g/mol. The van der Waals surface area contributed by atoms with Gasteiger partial charge in [-0.3, -0.25) is 9.59 Å². The first kappa shape index (κ1) is 19.8. The second-order valence-corrected chi connectivity index (χ2v) is 8.21. The molecule has 2 heterocycles. The molecule has 0 aliphatic carbocycles. The van der Waals surface area contributed by atoms with Crippen molar-refractivity contribution in [2.75, 3.05) is 26.3 Å². The van der Waals surface area contributed by atoms with E-state index in [4.69, 9.17) is 9.47 Å². The number of hydrogen-bond donors (Lipinski definition) is 2. The minimum absolute atomic E-state index is 0.0871. The second kappa shape index (κ2) is 9.30. The number of carbonyl (C=O) groups is 2. The van der Waals surface area contributed by atoms with Crippen molar-refractivity contribution >= 4 is 43.7 Å². The molecule has 142 valence electrons. The molecular weight excluding hydrogens is 468 g/mol. The van der Waals surface area contributed by atoms with Crippen molar-refractivity contribution in [2.24, 2.45) is 0 Å². The molecule has 0 aromatic heterocycles. The maximum absolute atomic E-state index is 12.4. The van der Waals surface area contributed by atoms with Crippen molar-refractivity contribution in [3.05, 3.63) is 32.2 Å². The van der Waals surface area contributed by atoms with Crippen molar-refractivity contribution in [3.8, 4) is 0 Å². The summed E-state index contributed by atoms with van der Waals surface area (Å²) in [7, 11) is 0. The SMILES string of the molecule is O=C(NC[C@H]1CCCO1)c1cc(Br)c(C(=O)NC[C@@H]2CCCO2)cc1Br. The Hall–Kier alpha value is -0.960. The van der Waals surface area contributed by atoms with E-state index in [1.807, 2.05) is 0 Å². The molecule has 2 N–H and O–H groups in total. The Morgan fingerprint density at radius 3 is 1.65 bits per heavy atom. The number of amides is 2. The van der Waals surface area contributed by atoms with Crippen LogP contribution in [0.1, 0.15) is 46.4 Å². The van der Waals surface area contributed by atoms with E-state index in [1.165, 1.54) is 0 Å². The topological polar surface area (TPSA) is 76.7 Å². The molecule has 1 aromatic rings. The quantitative estimate of drug-likeness (QED) is 0.643. The van der Waals surface area contributed by atoms with Gasteiger partial charge in [-0.05, 0) is 69.7 Å². The molecule has 2 aliphatic rings. The van der Waals surface area contributed by atoms with Crippen LogP contribution >= 0.6 is 31.9 Å². The lowest BCUT2D eigenvalue weighted by atomic mass is 10.1. The summed E-state index contributed by atoms with van der Waals surface area (Å²) in [4.78, 5) is 24.8. The fourth-order valence-corrected chi connectivity index (χ4v) is 4.16. The average Bonchev–Trinajstić information content (AvgIpc) is 3.32. The highest BCUT2D eigenvalue weighted by molar-refractivity contribution is 9.11. The molecule has 0 bridgehead atoms. The van der Waals surface area contributed by atoms with Gasteiger partial charge in [-0.15, -0.1) is 0 Å². The summed E-state index contributed by atoms with van der Waals surface area (Å²) < 4.78 is 12.2. The number of hydrogen-bond acceptors (Lipinski definition) is 4. The van der Waals surface area contributed by atoms with Crippen LogP contribution in [0.4, 0.5) is 0 Å². The number of halogens is 2. The Morgan fingerprint density at radius 1 is 0.885 bits per heavy atom. The largest absolute Gasteiger partial charge is 0.376 e. The Kier molecular flexibility index (Phi) is 7.08. The second-order valence-electron chi connectivity index (χ2n) is 6.50. The number of benzene rings is 1. The van der Waals surface area contributed by atoms with Crippen LogP contribution in [0.25, 0.3) is 0 Å². The van der Waals surface area contributed by atoms with Crippen molar-refractivity contribution in [3.63, 3.8) is 0 Å². The first-order valence-electron chi connectivity index (χ1n) is 8.83. The van der Waals surface area contributed by atoms with Gasteiger partial charge in [0.05, 0.1) is 23.3 Å². The Labute approximate surface area is 169 Å². The first-order chi connectivity index (χ1) is 12.5. The van der Waals surface area contributed by atoms with Crippen LogP contribution in [0, 0.1) is 0 Å². The molecule has 3 rings (SSSR count). The van der Waals surface area contributed by atoms with Gasteiger partial charge in [0.15, 0.2) is 0 Å². The maximum Gasteiger partial charge on any atom is 0.252 e. The zero-order valence-corrected chi connectivity index (χ0v) is 17.5. The van der Waals surface area contributed by atoms with Crippen LogP contribution < -0.4 is 10.6 Å². The fraction of sp³-hybridized carbons (Fsp3) is 0.556. The molecule has 2 atom stereocenters. The maximum atomic E-state index is 12.4. The van der Waals surface area contributed by atoms with E-state index in [2.05, 4.69) is 42.5 Å². The third-order valence-electron chi connectivity index (χ3n) is 4.57. The van der Waals surface area contributed by atoms with Gasteiger partial charge in [-0.2, -0.15) is 0 Å². The fourth-order valence-electron chi connectivity index (χ4n) is 3.11. The van der Waals surface area contributed by atoms with Gasteiger partial charge in [0.1, 0.15) is 0 Å². The molecule has 0 spiro atoms. The van der Waals surface area contributed by atoms with Gasteiger partial charge in [0.2, 0.25) is 0 Å². The van der Waals surface area contributed by atoms with Crippen LogP contribution in [-0.4, -0.2) is 50.3 Å². The lowest BCUT2D eigenvalue weighted by Gasteiger charge is -2.14. The van der Waals surface area contributed by atoms with E-state index in [0.717, 1.165) is 38.9 Å². The van der Waals surface area contributed by atoms with E-state index in [9.17, 15) is 9.59 Å². The van der Waals surface area contributed by atoms with Gasteiger partial charge < -0.3 is 20.1 Å². The average molecular weight is 490 g/mol. The smallest absolute Gasteiger partial charge is 0.252 e. The van der Waals surface area contributed by atoms with Crippen molar-refractivity contribution in [1.82, 2.24) is 10.6 Å². The molecule has 2 amide bonds. The standard InChI is InChI=1S/C18H22Br2N2O4/c19-15-8-14(18(24)22-10-12-4-2-6-26-12)16(20)7-13(15)17(23)21-9-11-3-1-5-25-11/h7-8,11-12H,1-6,9-10H2,(H,21,23)(H,22,24)/t11-,12+. The molecule has 0 unspecified atom stereocenters. The van der Waals surface area contributed by atoms with E-state index in [-0.39, 0.29) is 24.0 Å². The van der Waals surface area contributed by atoms with E-state index < -0.39 is 0 Å². The molecule has 0 radical (unpaired) electrons. The number of carbonyl (C=O) groups excluding carboxylic acids is 2. The molecule has 26 heavy (non-hydrogen) atoms. The van der Waals surface area contributed by atoms with Gasteiger partial charge in [-0.1, -0.05) is 0 Å². The van der Waals surface area contributed by atoms with Crippen LogP contribution in [0.2, 0.25) is 0 Å². The molecule has 0 saturated carbocycles. The van der Waals surface area contributed by atoms with E-state index in [1.54, 1.807) is 12.1 Å². The summed E-state index contributed by atoms with van der Waals surface area (Å²) in [5.74, 6) is -0.390. The summed E-state index contributed by atoms with van der Waals surface area (Å²) in [6.45, 7) is 2.50. The third-order valence-corrected chi connectivity index (χ3v) is 5.89. The van der Waals surface area contributed by atoms with E-state index >= 15 is 0 Å². The number of ether oxygens (including phenoxy) is 2. The molecule has 2 aliphatic heterocycles. The summed E-state index contributed by atoms with van der Waals surface area (Å²) in [5.41, 5.74) is 0.955. The van der Waals surface area contributed by atoms with Crippen molar-refractivity contribution in [1.29, 1.82) is 0 Å². The molecule has 8 heteroatoms. The number of rotatable bonds is 6. The summed E-state index contributed by atoms with van der Waals surface area (Å²) in [6, 6.07) is 3.33. The minimum atomic E-state index is -0.195. The highest BCUT2D eigenvalue weighted by Gasteiger charge is 2.21. The lowest BCUT2D eigenvalue weighted by Crippen LogP contribution is -2.33. The molecule has 2 fully saturated rings. The van der Waals surface area contributed by atoms with Gasteiger partial charge >= 0.3 is 0 Å². The van der Waals surface area contributed by atoms with Gasteiger partial charge in [0.25, 0.3) is 11.8 Å². The van der Waals surface area contributed by atoms with E-state index in [0.29, 0.717) is 33.2 Å². The zero-order chi connectivity index (χ0) is 18.5. The van der Waals surface area contributed by atoms with Crippen LogP contribution in [0.3, 0.4) is 0 Å². The Balaban J connectivity index is 1.60. The van der Waals surface area contributed by atoms with Crippen LogP contribution in [0.5, 0.6) is 0 Å². The molecule has 2 saturated heterocycles. The predicted octanol–water partition coefficient (Wildman–Crippen LogP) is 3.03. The summed E-state index contributed by atoms with van der Waals surface area (Å²) >= 11 is 6.81. The van der Waals surface area contributed by atoms with Crippen LogP contribution in [-0.2, 0) is 9.47 Å². The summed E-state index contributed by atoms with van der Waals surface area (Å²) in [6.07, 6.45) is 4.18. The molecule has 6 nitrogen and oxygen atoms in total. The Bertz CT molecular complexity index is 614. The predicted molar refractivity (Wildman–Crippen MR) is 104 cm³/mol. The number of nitrogens with one attached hydrogen (secondary N) is 2. The highest BCUT2D eigenvalue weighted by Crippen LogP contribution is 2.26. The van der Waals surface area contributed by atoms with Crippen LogP contribution in [0.15, 0.2) is 21.1 Å². The highest BCUT2D eigenvalue weighted by atomic mass is 79.9. The molecular formula is C18H22Br2N2O4. The summed E-state index contributed by atoms with van der Waals surface area (Å²) in [5, 5.41) is 5.78. The first-order valence-corrected chi connectivity index (χ1v) is 10.4. The van der Waals surface area contributed by atoms with Crippen molar-refractivity contribution in [2.45, 2.75) is 37.9 Å².